The van der Waals surface area contributed by atoms with Crippen LogP contribution in [0.4, 0.5) is 24.8 Å². The minimum Gasteiger partial charge on any atom is -0.406 e. The zero-order valence-corrected chi connectivity index (χ0v) is 13.1. The number of benzene rings is 1. The summed E-state index contributed by atoms with van der Waals surface area (Å²) in [6, 6.07) is 8.59. The molecule has 0 aliphatic rings. The Kier molecular flexibility index (Phi) is 4.66. The molecular formula is C15H9ClF3N5O. The van der Waals surface area contributed by atoms with Gasteiger partial charge in [-0.1, -0.05) is 17.7 Å². The topological polar surface area (TPSA) is 72.8 Å². The van der Waals surface area contributed by atoms with Crippen LogP contribution >= 0.6 is 11.6 Å². The van der Waals surface area contributed by atoms with Gasteiger partial charge < -0.3 is 10.1 Å². The molecular weight excluding hydrogens is 359 g/mol. The highest BCUT2D eigenvalue weighted by Gasteiger charge is 2.31. The molecule has 0 saturated carbocycles. The van der Waals surface area contributed by atoms with Crippen LogP contribution < -0.4 is 10.1 Å². The Bertz CT molecular complexity index is 891. The standard InChI is InChI=1S/C15H9ClF3N5O/c16-12-6-9(4-5-20-12)13-21-8-22-14(24-13)23-10-2-1-3-11(7-10)25-15(17,18)19/h1-8H,(H,21,22,23,24). The van der Waals surface area contributed by atoms with Crippen LogP contribution in [0.1, 0.15) is 0 Å². The number of hydrogen-bond donors (Lipinski definition) is 1. The molecule has 1 N–H and O–H groups in total. The zero-order valence-electron chi connectivity index (χ0n) is 12.3. The van der Waals surface area contributed by atoms with Gasteiger partial charge in [0.2, 0.25) is 5.95 Å². The van der Waals surface area contributed by atoms with Crippen molar-refractivity contribution in [1.82, 2.24) is 19.9 Å². The summed E-state index contributed by atoms with van der Waals surface area (Å²) in [5, 5.41) is 3.08. The Labute approximate surface area is 144 Å². The molecule has 1 aromatic carbocycles. The minimum atomic E-state index is -4.76. The first-order valence-corrected chi connectivity index (χ1v) is 7.21. The smallest absolute Gasteiger partial charge is 0.406 e. The van der Waals surface area contributed by atoms with Crippen LogP contribution in [0.15, 0.2) is 48.9 Å². The third-order valence-corrected chi connectivity index (χ3v) is 3.09. The Balaban J connectivity index is 1.82. The van der Waals surface area contributed by atoms with Crippen molar-refractivity contribution in [3.05, 3.63) is 54.1 Å². The lowest BCUT2D eigenvalue weighted by Crippen LogP contribution is -2.17. The molecule has 0 aliphatic carbocycles. The lowest BCUT2D eigenvalue weighted by Gasteiger charge is -2.10. The van der Waals surface area contributed by atoms with Crippen LogP contribution in [0.5, 0.6) is 5.75 Å². The highest BCUT2D eigenvalue weighted by Crippen LogP contribution is 2.26. The Morgan fingerprint density at radius 1 is 1.04 bits per heavy atom. The van der Waals surface area contributed by atoms with Crippen molar-refractivity contribution < 1.29 is 17.9 Å². The second kappa shape index (κ2) is 6.89. The minimum absolute atomic E-state index is 0.155. The van der Waals surface area contributed by atoms with Crippen molar-refractivity contribution in [2.24, 2.45) is 0 Å². The fraction of sp³-hybridized carbons (Fsp3) is 0.0667. The first-order valence-electron chi connectivity index (χ1n) is 6.83. The Morgan fingerprint density at radius 2 is 1.88 bits per heavy atom. The predicted octanol–water partition coefficient (Wildman–Crippen LogP) is 4.23. The molecule has 0 saturated heterocycles. The third-order valence-electron chi connectivity index (χ3n) is 2.88. The molecule has 0 amide bonds. The number of aromatic nitrogens is 4. The molecule has 0 fully saturated rings. The molecule has 0 aliphatic heterocycles. The van der Waals surface area contributed by atoms with Crippen molar-refractivity contribution in [2.75, 3.05) is 5.32 Å². The number of nitrogens with zero attached hydrogens (tertiary/aromatic N) is 4. The average Bonchev–Trinajstić information content (AvgIpc) is 2.54. The fourth-order valence-electron chi connectivity index (χ4n) is 1.94. The van der Waals surface area contributed by atoms with Crippen LogP contribution in [-0.2, 0) is 0 Å². The van der Waals surface area contributed by atoms with Gasteiger partial charge in [0.15, 0.2) is 5.82 Å². The van der Waals surface area contributed by atoms with Crippen molar-refractivity contribution in [1.29, 1.82) is 0 Å². The third kappa shape index (κ3) is 4.77. The Morgan fingerprint density at radius 3 is 2.64 bits per heavy atom. The van der Waals surface area contributed by atoms with Gasteiger partial charge >= 0.3 is 6.36 Å². The van der Waals surface area contributed by atoms with E-state index >= 15 is 0 Å². The summed E-state index contributed by atoms with van der Waals surface area (Å²) < 4.78 is 40.7. The van der Waals surface area contributed by atoms with Gasteiger partial charge in [0, 0.05) is 23.5 Å². The van der Waals surface area contributed by atoms with Crippen molar-refractivity contribution >= 4 is 23.2 Å². The van der Waals surface area contributed by atoms with E-state index < -0.39 is 6.36 Å². The molecule has 6 nitrogen and oxygen atoms in total. The molecule has 3 aromatic rings. The lowest BCUT2D eigenvalue weighted by atomic mass is 10.2. The molecule has 128 valence electrons. The maximum Gasteiger partial charge on any atom is 0.573 e. The Hall–Kier alpha value is -2.94. The molecule has 10 heteroatoms. The van der Waals surface area contributed by atoms with Gasteiger partial charge in [-0.05, 0) is 24.3 Å². The largest absolute Gasteiger partial charge is 0.573 e. The summed E-state index contributed by atoms with van der Waals surface area (Å²) in [6.45, 7) is 0. The molecule has 0 bridgehead atoms. The van der Waals surface area contributed by atoms with E-state index in [4.69, 9.17) is 11.6 Å². The van der Waals surface area contributed by atoms with Crippen molar-refractivity contribution in [2.45, 2.75) is 6.36 Å². The van der Waals surface area contributed by atoms with Gasteiger partial charge in [0.25, 0.3) is 0 Å². The van der Waals surface area contributed by atoms with Crippen molar-refractivity contribution in [3.8, 4) is 17.1 Å². The highest BCUT2D eigenvalue weighted by molar-refractivity contribution is 6.29. The van der Waals surface area contributed by atoms with Gasteiger partial charge in [-0.25, -0.2) is 15.0 Å². The number of ether oxygens (including phenoxy) is 1. The van der Waals surface area contributed by atoms with Crippen molar-refractivity contribution in [3.63, 3.8) is 0 Å². The predicted molar refractivity (Wildman–Crippen MR) is 84.5 cm³/mol. The molecule has 0 radical (unpaired) electrons. The summed E-state index contributed by atoms with van der Waals surface area (Å²) in [4.78, 5) is 16.0. The second-order valence-corrected chi connectivity index (χ2v) is 5.09. The maximum absolute atomic E-state index is 12.3. The van der Waals surface area contributed by atoms with E-state index in [9.17, 15) is 13.2 Å². The molecule has 2 heterocycles. The lowest BCUT2D eigenvalue weighted by molar-refractivity contribution is -0.274. The number of hydrogen-bond acceptors (Lipinski definition) is 6. The molecule has 0 atom stereocenters. The summed E-state index contributed by atoms with van der Waals surface area (Å²) in [7, 11) is 0. The number of halogens is 4. The highest BCUT2D eigenvalue weighted by atomic mass is 35.5. The van der Waals surface area contributed by atoms with Crippen LogP contribution in [0.3, 0.4) is 0 Å². The normalized spacial score (nSPS) is 11.2. The van der Waals surface area contributed by atoms with E-state index in [2.05, 4.69) is 30.0 Å². The summed E-state index contributed by atoms with van der Waals surface area (Å²) in [5.41, 5.74) is 0.950. The molecule has 25 heavy (non-hydrogen) atoms. The quantitative estimate of drug-likeness (QED) is 0.696. The summed E-state index contributed by atoms with van der Waals surface area (Å²) in [6.07, 6.45) is -1.98. The monoisotopic (exact) mass is 367 g/mol. The molecule has 3 rings (SSSR count). The SMILES string of the molecule is FC(F)(F)Oc1cccc(Nc2ncnc(-c3ccnc(Cl)c3)n2)c1. The van der Waals surface area contributed by atoms with E-state index in [0.29, 0.717) is 17.1 Å². The second-order valence-electron chi connectivity index (χ2n) is 4.70. The average molecular weight is 368 g/mol. The van der Waals surface area contributed by atoms with E-state index in [1.54, 1.807) is 18.2 Å². The fourth-order valence-corrected chi connectivity index (χ4v) is 2.11. The van der Waals surface area contributed by atoms with E-state index in [1.165, 1.54) is 30.7 Å². The van der Waals surface area contributed by atoms with Crippen LogP contribution in [0, 0.1) is 0 Å². The number of nitrogens with one attached hydrogen (secondary N) is 1. The van der Waals surface area contributed by atoms with Gasteiger partial charge in [0.05, 0.1) is 0 Å². The van der Waals surface area contributed by atoms with E-state index in [0.717, 1.165) is 0 Å². The van der Waals surface area contributed by atoms with Gasteiger partial charge in [-0.15, -0.1) is 13.2 Å². The number of anilines is 2. The van der Waals surface area contributed by atoms with Gasteiger partial charge in [-0.2, -0.15) is 4.98 Å². The molecule has 2 aromatic heterocycles. The first kappa shape index (κ1) is 16.9. The molecule has 0 unspecified atom stereocenters. The first-order chi connectivity index (χ1) is 11.9. The molecule has 0 spiro atoms. The number of rotatable bonds is 4. The van der Waals surface area contributed by atoms with E-state index in [-0.39, 0.29) is 16.9 Å². The van der Waals surface area contributed by atoms with Crippen LogP contribution in [0.2, 0.25) is 5.15 Å². The zero-order chi connectivity index (χ0) is 17.9. The number of alkyl halides is 3. The van der Waals surface area contributed by atoms with Crippen LogP contribution in [-0.4, -0.2) is 26.3 Å². The maximum atomic E-state index is 12.3. The summed E-state index contributed by atoms with van der Waals surface area (Å²) >= 11 is 5.83. The number of pyridine rings is 1. The van der Waals surface area contributed by atoms with E-state index in [1.807, 2.05) is 0 Å². The van der Waals surface area contributed by atoms with Gasteiger partial charge in [0.1, 0.15) is 17.2 Å². The summed E-state index contributed by atoms with van der Waals surface area (Å²) in [5.74, 6) is 0.138. The van der Waals surface area contributed by atoms with Crippen LogP contribution in [0.25, 0.3) is 11.4 Å². The van der Waals surface area contributed by atoms with Gasteiger partial charge in [-0.3, -0.25) is 0 Å².